The SMILES string of the molecule is O=C1C(=O)N(Cc2cccnc2)[C@@H](c2ccccn2)C1=C(O)c1ccc(Cl)cc1. The zero-order valence-corrected chi connectivity index (χ0v) is 16.0. The number of hydrogen-bond acceptors (Lipinski definition) is 5. The molecule has 0 bridgehead atoms. The van der Waals surface area contributed by atoms with Crippen molar-refractivity contribution < 1.29 is 14.7 Å². The fraction of sp³-hybridized carbons (Fsp3) is 0.0909. The smallest absolute Gasteiger partial charge is 0.296 e. The van der Waals surface area contributed by atoms with E-state index in [4.69, 9.17) is 11.6 Å². The zero-order valence-electron chi connectivity index (χ0n) is 15.2. The Kier molecular flexibility index (Phi) is 5.10. The largest absolute Gasteiger partial charge is 0.507 e. The molecule has 1 N–H and O–H groups in total. The Morgan fingerprint density at radius 3 is 2.48 bits per heavy atom. The van der Waals surface area contributed by atoms with Crippen molar-refractivity contribution in [2.45, 2.75) is 12.6 Å². The highest BCUT2D eigenvalue weighted by molar-refractivity contribution is 6.46. The van der Waals surface area contributed by atoms with Crippen LogP contribution in [-0.4, -0.2) is 31.7 Å². The number of hydrogen-bond donors (Lipinski definition) is 1. The average Bonchev–Trinajstić information content (AvgIpc) is 3.00. The minimum atomic E-state index is -0.813. The number of Topliss-reactive ketones (excluding diaryl/α,β-unsaturated/α-hetero) is 1. The van der Waals surface area contributed by atoms with Crippen LogP contribution in [0, 0.1) is 0 Å². The highest BCUT2D eigenvalue weighted by Crippen LogP contribution is 2.39. The number of rotatable bonds is 4. The Morgan fingerprint density at radius 1 is 1.03 bits per heavy atom. The molecule has 0 unspecified atom stereocenters. The first-order valence-electron chi connectivity index (χ1n) is 8.90. The first-order chi connectivity index (χ1) is 14.1. The van der Waals surface area contributed by atoms with Crippen LogP contribution in [0.4, 0.5) is 0 Å². The molecule has 2 aromatic heterocycles. The monoisotopic (exact) mass is 405 g/mol. The first-order valence-corrected chi connectivity index (χ1v) is 9.28. The second-order valence-corrected chi connectivity index (χ2v) is 6.99. The lowest BCUT2D eigenvalue weighted by Gasteiger charge is -2.24. The van der Waals surface area contributed by atoms with Crippen LogP contribution in [0.25, 0.3) is 5.76 Å². The molecule has 1 amide bonds. The molecule has 1 fully saturated rings. The van der Waals surface area contributed by atoms with Crippen LogP contribution >= 0.6 is 11.6 Å². The van der Waals surface area contributed by atoms with E-state index < -0.39 is 17.7 Å². The van der Waals surface area contributed by atoms with Gasteiger partial charge in [-0.05, 0) is 48.0 Å². The minimum absolute atomic E-state index is 0.0000808. The highest BCUT2D eigenvalue weighted by atomic mass is 35.5. The predicted molar refractivity (Wildman–Crippen MR) is 108 cm³/mol. The van der Waals surface area contributed by atoms with Gasteiger partial charge in [0.1, 0.15) is 11.8 Å². The van der Waals surface area contributed by atoms with Crippen molar-refractivity contribution in [3.05, 3.63) is 101 Å². The van der Waals surface area contributed by atoms with Crippen LogP contribution in [0.1, 0.15) is 22.9 Å². The molecule has 0 aliphatic carbocycles. The Morgan fingerprint density at radius 2 is 1.83 bits per heavy atom. The molecule has 0 spiro atoms. The van der Waals surface area contributed by atoms with Crippen molar-refractivity contribution in [3.8, 4) is 0 Å². The van der Waals surface area contributed by atoms with Gasteiger partial charge in [-0.15, -0.1) is 0 Å². The van der Waals surface area contributed by atoms with Crippen molar-refractivity contribution >= 4 is 29.1 Å². The van der Waals surface area contributed by atoms with E-state index in [0.717, 1.165) is 5.56 Å². The van der Waals surface area contributed by atoms with Crippen LogP contribution < -0.4 is 0 Å². The number of carbonyl (C=O) groups is 2. The number of ketones is 1. The molecule has 1 aromatic carbocycles. The number of carbonyl (C=O) groups excluding carboxylic acids is 2. The average molecular weight is 406 g/mol. The molecule has 0 radical (unpaired) electrons. The molecule has 144 valence electrons. The molecule has 6 nitrogen and oxygen atoms in total. The van der Waals surface area contributed by atoms with Gasteiger partial charge in [-0.3, -0.25) is 19.6 Å². The lowest BCUT2D eigenvalue weighted by atomic mass is 9.98. The van der Waals surface area contributed by atoms with Crippen LogP contribution in [0.5, 0.6) is 0 Å². The molecule has 1 aliphatic rings. The standard InChI is InChI=1S/C22H16ClN3O3/c23-16-8-6-15(7-9-16)20(27)18-19(17-5-1-2-11-25-17)26(22(29)21(18)28)13-14-4-3-10-24-12-14/h1-12,19,27H,13H2/t19-/m0/s1. The first kappa shape index (κ1) is 18.8. The fourth-order valence-electron chi connectivity index (χ4n) is 3.34. The Balaban J connectivity index is 1.85. The summed E-state index contributed by atoms with van der Waals surface area (Å²) in [5, 5.41) is 11.4. The van der Waals surface area contributed by atoms with Gasteiger partial charge in [0.2, 0.25) is 0 Å². The summed E-state index contributed by atoms with van der Waals surface area (Å²) in [5.41, 5.74) is 1.66. The normalized spacial score (nSPS) is 18.2. The number of halogens is 1. The third-order valence-corrected chi connectivity index (χ3v) is 4.95. The van der Waals surface area contributed by atoms with Gasteiger partial charge in [0.15, 0.2) is 0 Å². The number of pyridine rings is 2. The second kappa shape index (κ2) is 7.85. The summed E-state index contributed by atoms with van der Waals surface area (Å²) in [6, 6.07) is 14.4. The predicted octanol–water partition coefficient (Wildman–Crippen LogP) is 3.75. The zero-order chi connectivity index (χ0) is 20.4. The topological polar surface area (TPSA) is 83.4 Å². The molecule has 29 heavy (non-hydrogen) atoms. The number of aliphatic hydroxyl groups is 1. The number of likely N-dealkylation sites (tertiary alicyclic amines) is 1. The van der Waals surface area contributed by atoms with Crippen molar-refractivity contribution in [3.63, 3.8) is 0 Å². The summed E-state index contributed by atoms with van der Waals surface area (Å²) in [6.07, 6.45) is 4.85. The van der Waals surface area contributed by atoms with Gasteiger partial charge in [-0.1, -0.05) is 23.7 Å². The summed E-state index contributed by atoms with van der Waals surface area (Å²) >= 11 is 5.92. The van der Waals surface area contributed by atoms with Gasteiger partial charge in [0.05, 0.1) is 11.3 Å². The van der Waals surface area contributed by atoms with Gasteiger partial charge in [-0.25, -0.2) is 0 Å². The maximum absolute atomic E-state index is 12.9. The van der Waals surface area contributed by atoms with Crippen LogP contribution in [0.15, 0.2) is 78.8 Å². The van der Waals surface area contributed by atoms with Crippen molar-refractivity contribution in [2.75, 3.05) is 0 Å². The molecule has 7 heteroatoms. The third kappa shape index (κ3) is 3.62. The number of nitrogens with zero attached hydrogens (tertiary/aromatic N) is 3. The Bertz CT molecular complexity index is 1080. The summed E-state index contributed by atoms with van der Waals surface area (Å²) in [5.74, 6) is -1.71. The molecular formula is C22H16ClN3O3. The van der Waals surface area contributed by atoms with Gasteiger partial charge < -0.3 is 10.0 Å². The van der Waals surface area contributed by atoms with E-state index in [-0.39, 0.29) is 17.9 Å². The molecule has 3 heterocycles. The van der Waals surface area contributed by atoms with Crippen LogP contribution in [-0.2, 0) is 16.1 Å². The summed E-state index contributed by atoms with van der Waals surface area (Å²) in [7, 11) is 0. The number of aliphatic hydroxyl groups excluding tert-OH is 1. The van der Waals surface area contributed by atoms with E-state index in [2.05, 4.69) is 9.97 Å². The summed E-state index contributed by atoms with van der Waals surface area (Å²) in [4.78, 5) is 35.6. The van der Waals surface area contributed by atoms with E-state index in [1.54, 1.807) is 67.1 Å². The maximum atomic E-state index is 12.9. The van der Waals surface area contributed by atoms with E-state index in [9.17, 15) is 14.7 Å². The highest BCUT2D eigenvalue weighted by Gasteiger charge is 2.46. The van der Waals surface area contributed by atoms with E-state index in [1.807, 2.05) is 6.07 Å². The van der Waals surface area contributed by atoms with Gasteiger partial charge >= 0.3 is 0 Å². The molecule has 1 saturated heterocycles. The van der Waals surface area contributed by atoms with Crippen LogP contribution in [0.2, 0.25) is 5.02 Å². The van der Waals surface area contributed by atoms with E-state index in [0.29, 0.717) is 16.3 Å². The molecule has 1 atom stereocenters. The lowest BCUT2D eigenvalue weighted by molar-refractivity contribution is -0.140. The molecule has 4 rings (SSSR count). The van der Waals surface area contributed by atoms with Gasteiger partial charge in [0, 0.05) is 35.7 Å². The van der Waals surface area contributed by atoms with Crippen LogP contribution in [0.3, 0.4) is 0 Å². The second-order valence-electron chi connectivity index (χ2n) is 6.55. The van der Waals surface area contributed by atoms with Gasteiger partial charge in [0.25, 0.3) is 11.7 Å². The molecule has 0 saturated carbocycles. The summed E-state index contributed by atoms with van der Waals surface area (Å²) in [6.45, 7) is 0.164. The molecule has 1 aliphatic heterocycles. The quantitative estimate of drug-likeness (QED) is 0.406. The number of benzene rings is 1. The molecule has 3 aromatic rings. The van der Waals surface area contributed by atoms with E-state index >= 15 is 0 Å². The van der Waals surface area contributed by atoms with E-state index in [1.165, 1.54) is 4.90 Å². The number of aromatic nitrogens is 2. The number of amides is 1. The summed E-state index contributed by atoms with van der Waals surface area (Å²) < 4.78 is 0. The lowest BCUT2D eigenvalue weighted by Crippen LogP contribution is -2.29. The third-order valence-electron chi connectivity index (χ3n) is 4.70. The maximum Gasteiger partial charge on any atom is 0.296 e. The fourth-order valence-corrected chi connectivity index (χ4v) is 3.47. The molecular weight excluding hydrogens is 390 g/mol. The van der Waals surface area contributed by atoms with Gasteiger partial charge in [-0.2, -0.15) is 0 Å². The Hall–Kier alpha value is -3.51. The minimum Gasteiger partial charge on any atom is -0.507 e. The Labute approximate surface area is 172 Å². The van der Waals surface area contributed by atoms with Crippen molar-refractivity contribution in [1.82, 2.24) is 14.9 Å². The van der Waals surface area contributed by atoms with Crippen molar-refractivity contribution in [1.29, 1.82) is 0 Å². The van der Waals surface area contributed by atoms with Crippen molar-refractivity contribution in [2.24, 2.45) is 0 Å².